The number of nitrogens with two attached hydrogens (primary N) is 1. The highest BCUT2D eigenvalue weighted by atomic mass is 16.5. The molecule has 1 rings (SSSR count). The van der Waals surface area contributed by atoms with Gasteiger partial charge in [-0.1, -0.05) is 19.1 Å². The fraction of sp³-hybridized carbons (Fsp3) is 0.625. The molecule has 0 radical (unpaired) electrons. The highest BCUT2D eigenvalue weighted by Crippen LogP contribution is 2.21. The number of rotatable bonds is 8. The molecule has 0 aliphatic carbocycles. The molecule has 0 aromatic heterocycles. The predicted octanol–water partition coefficient (Wildman–Crippen LogP) is 2.69. The maximum Gasteiger partial charge on any atom is 0.118 e. The SMILES string of the molecule is CCCN(C)C(C)(CN)CCc1ccc(OC)cc1. The van der Waals surface area contributed by atoms with Gasteiger partial charge in [0.2, 0.25) is 0 Å². The van der Waals surface area contributed by atoms with E-state index >= 15 is 0 Å². The van der Waals surface area contributed by atoms with Gasteiger partial charge in [0, 0.05) is 12.1 Å². The van der Waals surface area contributed by atoms with E-state index in [1.807, 2.05) is 12.1 Å². The second kappa shape index (κ2) is 7.51. The van der Waals surface area contributed by atoms with E-state index in [9.17, 15) is 0 Å². The molecule has 0 bridgehead atoms. The summed E-state index contributed by atoms with van der Waals surface area (Å²) in [4.78, 5) is 2.39. The fourth-order valence-electron chi connectivity index (χ4n) is 2.26. The third-order valence-corrected chi connectivity index (χ3v) is 4.03. The lowest BCUT2D eigenvalue weighted by molar-refractivity contribution is 0.134. The van der Waals surface area contributed by atoms with Crippen LogP contribution in [0.2, 0.25) is 0 Å². The molecule has 0 heterocycles. The van der Waals surface area contributed by atoms with Gasteiger partial charge in [0.05, 0.1) is 7.11 Å². The van der Waals surface area contributed by atoms with Gasteiger partial charge in [0.15, 0.2) is 0 Å². The molecular weight excluding hydrogens is 236 g/mol. The van der Waals surface area contributed by atoms with E-state index in [0.29, 0.717) is 6.54 Å². The summed E-state index contributed by atoms with van der Waals surface area (Å²) in [6.07, 6.45) is 3.28. The summed E-state index contributed by atoms with van der Waals surface area (Å²) in [5.41, 5.74) is 7.40. The number of benzene rings is 1. The summed E-state index contributed by atoms with van der Waals surface area (Å²) in [5.74, 6) is 0.911. The van der Waals surface area contributed by atoms with Crippen molar-refractivity contribution in [3.05, 3.63) is 29.8 Å². The second-order valence-electron chi connectivity index (χ2n) is 5.47. The lowest BCUT2D eigenvalue weighted by atomic mass is 9.91. The van der Waals surface area contributed by atoms with Crippen molar-refractivity contribution in [1.29, 1.82) is 0 Å². The van der Waals surface area contributed by atoms with E-state index in [1.54, 1.807) is 7.11 Å². The summed E-state index contributed by atoms with van der Waals surface area (Å²) in [7, 11) is 3.87. The Balaban J connectivity index is 2.60. The van der Waals surface area contributed by atoms with Crippen LogP contribution in [0.15, 0.2) is 24.3 Å². The van der Waals surface area contributed by atoms with Crippen LogP contribution in [0.1, 0.15) is 32.3 Å². The zero-order valence-corrected chi connectivity index (χ0v) is 12.8. The van der Waals surface area contributed by atoms with Crippen molar-refractivity contribution in [3.63, 3.8) is 0 Å². The molecule has 1 aromatic carbocycles. The number of hydrogen-bond acceptors (Lipinski definition) is 3. The van der Waals surface area contributed by atoms with Gasteiger partial charge in [-0.15, -0.1) is 0 Å². The smallest absolute Gasteiger partial charge is 0.118 e. The van der Waals surface area contributed by atoms with E-state index in [0.717, 1.165) is 31.6 Å². The van der Waals surface area contributed by atoms with E-state index in [1.165, 1.54) is 5.56 Å². The standard InChI is InChI=1S/C16H28N2O/c1-5-12-18(3)16(2,13-17)11-10-14-6-8-15(19-4)9-7-14/h6-9H,5,10-13,17H2,1-4H3. The Hall–Kier alpha value is -1.06. The summed E-state index contributed by atoms with van der Waals surface area (Å²) in [6.45, 7) is 6.25. The zero-order valence-electron chi connectivity index (χ0n) is 12.8. The van der Waals surface area contributed by atoms with Crippen LogP contribution >= 0.6 is 0 Å². The Morgan fingerprint density at radius 2 is 1.89 bits per heavy atom. The summed E-state index contributed by atoms with van der Waals surface area (Å²) in [6, 6.07) is 8.31. The van der Waals surface area contributed by atoms with Crippen molar-refractivity contribution in [2.75, 3.05) is 27.2 Å². The number of hydrogen-bond donors (Lipinski definition) is 1. The van der Waals surface area contributed by atoms with Crippen LogP contribution < -0.4 is 10.5 Å². The van der Waals surface area contributed by atoms with Gasteiger partial charge in [-0.3, -0.25) is 4.90 Å². The van der Waals surface area contributed by atoms with Crippen molar-refractivity contribution >= 4 is 0 Å². The molecular formula is C16H28N2O. The van der Waals surface area contributed by atoms with E-state index in [4.69, 9.17) is 10.5 Å². The minimum Gasteiger partial charge on any atom is -0.497 e. The lowest BCUT2D eigenvalue weighted by Gasteiger charge is -2.38. The summed E-state index contributed by atoms with van der Waals surface area (Å²) >= 11 is 0. The monoisotopic (exact) mass is 264 g/mol. The molecule has 0 aliphatic heterocycles. The molecule has 0 spiro atoms. The van der Waals surface area contributed by atoms with Crippen LogP contribution in [-0.2, 0) is 6.42 Å². The Bertz CT molecular complexity index is 364. The van der Waals surface area contributed by atoms with Crippen molar-refractivity contribution in [2.24, 2.45) is 5.73 Å². The molecule has 1 aromatic rings. The Morgan fingerprint density at radius 1 is 1.26 bits per heavy atom. The molecule has 3 nitrogen and oxygen atoms in total. The average Bonchev–Trinajstić information content (AvgIpc) is 2.45. The molecule has 108 valence electrons. The van der Waals surface area contributed by atoms with Gasteiger partial charge in [0.1, 0.15) is 5.75 Å². The van der Waals surface area contributed by atoms with Crippen LogP contribution in [0.3, 0.4) is 0 Å². The Labute approximate surface area is 117 Å². The minimum atomic E-state index is 0.0793. The van der Waals surface area contributed by atoms with E-state index in [-0.39, 0.29) is 5.54 Å². The van der Waals surface area contributed by atoms with Crippen molar-refractivity contribution in [3.8, 4) is 5.75 Å². The molecule has 0 saturated heterocycles. The van der Waals surface area contributed by atoms with Crippen LogP contribution in [0.25, 0.3) is 0 Å². The third-order valence-electron chi connectivity index (χ3n) is 4.03. The predicted molar refractivity (Wildman–Crippen MR) is 81.7 cm³/mol. The third kappa shape index (κ3) is 4.51. The van der Waals surface area contributed by atoms with Crippen LogP contribution in [0, 0.1) is 0 Å². The minimum absolute atomic E-state index is 0.0793. The first-order chi connectivity index (χ1) is 9.05. The second-order valence-corrected chi connectivity index (χ2v) is 5.47. The van der Waals surface area contributed by atoms with Gasteiger partial charge in [-0.2, -0.15) is 0 Å². The van der Waals surface area contributed by atoms with Gasteiger partial charge < -0.3 is 10.5 Å². The number of ether oxygens (including phenoxy) is 1. The average molecular weight is 264 g/mol. The maximum absolute atomic E-state index is 5.99. The molecule has 3 heteroatoms. The first kappa shape index (κ1) is 16.0. The van der Waals surface area contributed by atoms with Crippen LogP contribution in [0.4, 0.5) is 0 Å². The van der Waals surface area contributed by atoms with E-state index < -0.39 is 0 Å². The van der Waals surface area contributed by atoms with Gasteiger partial charge >= 0.3 is 0 Å². The molecule has 1 unspecified atom stereocenters. The molecule has 1 atom stereocenters. The maximum atomic E-state index is 5.99. The number of likely N-dealkylation sites (N-methyl/N-ethyl adjacent to an activating group) is 1. The molecule has 19 heavy (non-hydrogen) atoms. The van der Waals surface area contributed by atoms with Crippen LogP contribution in [-0.4, -0.2) is 37.7 Å². The number of nitrogens with zero attached hydrogens (tertiary/aromatic N) is 1. The van der Waals surface area contributed by atoms with Crippen LogP contribution in [0.5, 0.6) is 5.75 Å². The normalized spacial score (nSPS) is 14.4. The molecule has 0 fully saturated rings. The van der Waals surface area contributed by atoms with Crippen molar-refractivity contribution in [2.45, 2.75) is 38.6 Å². The zero-order chi connectivity index (χ0) is 14.3. The molecule has 0 saturated carbocycles. The molecule has 2 N–H and O–H groups in total. The lowest BCUT2D eigenvalue weighted by Crippen LogP contribution is -2.50. The van der Waals surface area contributed by atoms with Crippen molar-refractivity contribution in [1.82, 2.24) is 4.90 Å². The molecule has 0 amide bonds. The first-order valence-corrected chi connectivity index (χ1v) is 7.10. The highest BCUT2D eigenvalue weighted by Gasteiger charge is 2.26. The Morgan fingerprint density at radius 3 is 2.37 bits per heavy atom. The summed E-state index contributed by atoms with van der Waals surface area (Å²) < 4.78 is 5.18. The number of methoxy groups -OCH3 is 1. The Kier molecular flexibility index (Phi) is 6.32. The van der Waals surface area contributed by atoms with Crippen molar-refractivity contribution < 1.29 is 4.74 Å². The van der Waals surface area contributed by atoms with Gasteiger partial charge in [-0.25, -0.2) is 0 Å². The largest absolute Gasteiger partial charge is 0.497 e. The first-order valence-electron chi connectivity index (χ1n) is 7.10. The number of aryl methyl sites for hydroxylation is 1. The quantitative estimate of drug-likeness (QED) is 0.784. The molecule has 0 aliphatic rings. The van der Waals surface area contributed by atoms with E-state index in [2.05, 4.69) is 37.9 Å². The fourth-order valence-corrected chi connectivity index (χ4v) is 2.26. The van der Waals surface area contributed by atoms with Gasteiger partial charge in [-0.05, 0) is 57.5 Å². The summed E-state index contributed by atoms with van der Waals surface area (Å²) in [5, 5.41) is 0. The highest BCUT2D eigenvalue weighted by molar-refractivity contribution is 5.27. The topological polar surface area (TPSA) is 38.5 Å². The van der Waals surface area contributed by atoms with Gasteiger partial charge in [0.25, 0.3) is 0 Å².